The summed E-state index contributed by atoms with van der Waals surface area (Å²) < 4.78 is 0. The summed E-state index contributed by atoms with van der Waals surface area (Å²) in [5.41, 5.74) is 10.6. The highest BCUT2D eigenvalue weighted by molar-refractivity contribution is 6.33. The standard InChI is InChI=1S/C51H51N3O/c1-48(2,3)31-20-21-52-44(27-31)54-41-15-13-12-14-38(41)51(10,11)39-18-16-29(24-42(39)54)40-28-37-36-26-33(50(7,8)9)23-30-22-32(49(4,5)6)25-35(45(30)36)34-17-19-43(55)47(53-40)46(34)37/h12-28,55H,1-11H3. The molecule has 0 bridgehead atoms. The minimum Gasteiger partial charge on any atom is -0.506 e. The van der Waals surface area contributed by atoms with Gasteiger partial charge in [0.25, 0.3) is 0 Å². The number of phenols is 1. The molecule has 1 aliphatic rings. The van der Waals surface area contributed by atoms with Gasteiger partial charge in [-0.3, -0.25) is 4.90 Å². The van der Waals surface area contributed by atoms with E-state index in [1.165, 1.54) is 49.4 Å². The Morgan fingerprint density at radius 1 is 0.564 bits per heavy atom. The summed E-state index contributed by atoms with van der Waals surface area (Å²) >= 11 is 0. The lowest BCUT2D eigenvalue weighted by Crippen LogP contribution is -2.31. The summed E-state index contributed by atoms with van der Waals surface area (Å²) in [6, 6.07) is 35.6. The first-order valence-electron chi connectivity index (χ1n) is 19.6. The highest BCUT2D eigenvalue weighted by Gasteiger charge is 2.38. The molecule has 55 heavy (non-hydrogen) atoms. The second kappa shape index (κ2) is 11.5. The maximum atomic E-state index is 11.6. The Bertz CT molecular complexity index is 2850. The molecule has 0 fully saturated rings. The molecule has 8 aromatic rings. The Balaban J connectivity index is 1.35. The first-order valence-corrected chi connectivity index (χ1v) is 19.6. The van der Waals surface area contributed by atoms with E-state index in [4.69, 9.17) is 9.97 Å². The van der Waals surface area contributed by atoms with E-state index in [9.17, 15) is 5.11 Å². The first-order chi connectivity index (χ1) is 25.8. The van der Waals surface area contributed by atoms with Gasteiger partial charge in [-0.05, 0) is 131 Å². The van der Waals surface area contributed by atoms with Gasteiger partial charge >= 0.3 is 0 Å². The third-order valence-corrected chi connectivity index (χ3v) is 12.2. The monoisotopic (exact) mass is 721 g/mol. The lowest BCUT2D eigenvalue weighted by atomic mass is 9.73. The van der Waals surface area contributed by atoms with Crippen molar-refractivity contribution in [3.05, 3.63) is 131 Å². The van der Waals surface area contributed by atoms with Crippen LogP contribution in [0.5, 0.6) is 5.75 Å². The van der Waals surface area contributed by atoms with Gasteiger partial charge in [0.05, 0.1) is 17.1 Å². The van der Waals surface area contributed by atoms with Gasteiger partial charge in [0, 0.05) is 22.6 Å². The molecule has 4 nitrogen and oxygen atoms in total. The van der Waals surface area contributed by atoms with E-state index < -0.39 is 0 Å². The summed E-state index contributed by atoms with van der Waals surface area (Å²) in [5.74, 6) is 1.09. The summed E-state index contributed by atoms with van der Waals surface area (Å²) in [6.07, 6.45) is 1.94. The Kier molecular flexibility index (Phi) is 7.38. The lowest BCUT2D eigenvalue weighted by Gasteiger charge is -2.42. The van der Waals surface area contributed by atoms with E-state index in [2.05, 4.69) is 172 Å². The van der Waals surface area contributed by atoms with E-state index in [0.29, 0.717) is 5.52 Å². The molecule has 1 N–H and O–H groups in total. The molecule has 0 radical (unpaired) electrons. The number of aromatic nitrogens is 2. The van der Waals surface area contributed by atoms with Crippen molar-refractivity contribution in [3.63, 3.8) is 0 Å². The zero-order valence-electron chi connectivity index (χ0n) is 34.1. The highest BCUT2D eigenvalue weighted by Crippen LogP contribution is 2.53. The van der Waals surface area contributed by atoms with Gasteiger partial charge in [-0.25, -0.2) is 9.97 Å². The third kappa shape index (κ3) is 5.39. The number of para-hydroxylation sites is 1. The van der Waals surface area contributed by atoms with Crippen molar-refractivity contribution < 1.29 is 5.11 Å². The van der Waals surface area contributed by atoms with Crippen LogP contribution in [0.1, 0.15) is 104 Å². The number of pyridine rings is 2. The number of fused-ring (bicyclic) bond motifs is 4. The fourth-order valence-corrected chi connectivity index (χ4v) is 8.85. The maximum Gasteiger partial charge on any atom is 0.141 e. The highest BCUT2D eigenvalue weighted by atomic mass is 16.3. The van der Waals surface area contributed by atoms with Crippen molar-refractivity contribution in [1.29, 1.82) is 0 Å². The molecule has 3 heterocycles. The summed E-state index contributed by atoms with van der Waals surface area (Å²) in [6.45, 7) is 25.1. The molecule has 0 saturated carbocycles. The predicted molar refractivity (Wildman–Crippen MR) is 233 cm³/mol. The maximum absolute atomic E-state index is 11.6. The number of benzene rings is 6. The molecule has 0 unspecified atom stereocenters. The van der Waals surface area contributed by atoms with Crippen molar-refractivity contribution in [2.45, 2.75) is 97.8 Å². The normalized spacial score (nSPS) is 14.6. The number of aromatic hydroxyl groups is 1. The zero-order valence-corrected chi connectivity index (χ0v) is 34.1. The number of anilines is 3. The van der Waals surface area contributed by atoms with Gasteiger partial charge in [0.15, 0.2) is 0 Å². The van der Waals surface area contributed by atoms with E-state index in [0.717, 1.165) is 44.6 Å². The van der Waals surface area contributed by atoms with Gasteiger partial charge < -0.3 is 5.11 Å². The van der Waals surface area contributed by atoms with Crippen LogP contribution in [0.2, 0.25) is 0 Å². The van der Waals surface area contributed by atoms with Crippen molar-refractivity contribution in [2.75, 3.05) is 4.90 Å². The fraction of sp³-hybridized carbons (Fsp3) is 0.294. The number of phenolic OH excluding ortho intramolecular Hbond substituents is 1. The molecule has 0 aliphatic carbocycles. The SMILES string of the molecule is CC(C)(C)c1ccnc(N2c3ccccc3C(C)(C)c3ccc(-c4cc5c6cc(C(C)(C)C)cc7cc(C(C)(C)C)cc(c8ccc(O)c(n4)c85)c76)cc32)c1. The largest absolute Gasteiger partial charge is 0.506 e. The van der Waals surface area contributed by atoms with Gasteiger partial charge in [0.1, 0.15) is 17.1 Å². The molecular weight excluding hydrogens is 671 g/mol. The topological polar surface area (TPSA) is 49.2 Å². The molecule has 4 heteroatoms. The summed E-state index contributed by atoms with van der Waals surface area (Å²) in [7, 11) is 0. The number of nitrogens with zero attached hydrogens (tertiary/aromatic N) is 3. The van der Waals surface area contributed by atoms with Crippen LogP contribution in [-0.4, -0.2) is 15.1 Å². The summed E-state index contributed by atoms with van der Waals surface area (Å²) in [4.78, 5) is 12.6. The first kappa shape index (κ1) is 35.2. The van der Waals surface area contributed by atoms with Crippen molar-refractivity contribution in [2.24, 2.45) is 0 Å². The van der Waals surface area contributed by atoms with Crippen molar-refractivity contribution in [3.8, 4) is 17.0 Å². The molecule has 9 rings (SSSR count). The second-order valence-electron chi connectivity index (χ2n) is 19.4. The van der Waals surface area contributed by atoms with E-state index in [1.807, 2.05) is 12.3 Å². The van der Waals surface area contributed by atoms with Gasteiger partial charge in [-0.1, -0.05) is 119 Å². The van der Waals surface area contributed by atoms with Gasteiger partial charge in [0.2, 0.25) is 0 Å². The number of hydrogen-bond donors (Lipinski definition) is 1. The Morgan fingerprint density at radius 2 is 1.18 bits per heavy atom. The predicted octanol–water partition coefficient (Wildman–Crippen LogP) is 13.9. The Labute approximate surface area is 325 Å². The summed E-state index contributed by atoms with van der Waals surface area (Å²) in [5, 5.41) is 19.8. The lowest BCUT2D eigenvalue weighted by molar-refractivity contribution is 0.480. The molecule has 2 aromatic heterocycles. The molecule has 0 amide bonds. The van der Waals surface area contributed by atoms with Gasteiger partial charge in [-0.15, -0.1) is 0 Å². The zero-order chi connectivity index (χ0) is 39.0. The molecule has 6 aromatic carbocycles. The fourth-order valence-electron chi connectivity index (χ4n) is 8.85. The third-order valence-electron chi connectivity index (χ3n) is 12.2. The molecular formula is C51H51N3O. The molecule has 1 aliphatic heterocycles. The second-order valence-corrected chi connectivity index (χ2v) is 19.4. The van der Waals surface area contributed by atoms with Crippen LogP contribution in [0.25, 0.3) is 54.5 Å². The van der Waals surface area contributed by atoms with Crippen LogP contribution in [0, 0.1) is 0 Å². The molecule has 0 atom stereocenters. The van der Waals surface area contributed by atoms with Crippen LogP contribution >= 0.6 is 0 Å². The van der Waals surface area contributed by atoms with Crippen LogP contribution in [0.3, 0.4) is 0 Å². The quantitative estimate of drug-likeness (QED) is 0.143. The van der Waals surface area contributed by atoms with E-state index >= 15 is 0 Å². The molecule has 0 saturated heterocycles. The number of hydrogen-bond acceptors (Lipinski definition) is 4. The van der Waals surface area contributed by atoms with Crippen LogP contribution in [-0.2, 0) is 21.7 Å². The Morgan fingerprint density at radius 3 is 1.85 bits per heavy atom. The van der Waals surface area contributed by atoms with E-state index in [-0.39, 0.29) is 27.4 Å². The van der Waals surface area contributed by atoms with Crippen LogP contribution < -0.4 is 4.90 Å². The minimum atomic E-state index is -0.243. The van der Waals surface area contributed by atoms with Crippen molar-refractivity contribution >= 4 is 60.4 Å². The molecule has 0 spiro atoms. The smallest absolute Gasteiger partial charge is 0.141 e. The average molecular weight is 722 g/mol. The van der Waals surface area contributed by atoms with Crippen molar-refractivity contribution in [1.82, 2.24) is 9.97 Å². The van der Waals surface area contributed by atoms with Crippen LogP contribution in [0.15, 0.2) is 103 Å². The average Bonchev–Trinajstić information content (AvgIpc) is 3.13. The molecule has 276 valence electrons. The van der Waals surface area contributed by atoms with Crippen LogP contribution in [0.4, 0.5) is 17.2 Å². The van der Waals surface area contributed by atoms with Gasteiger partial charge in [-0.2, -0.15) is 0 Å². The minimum absolute atomic E-state index is 0.0278. The Hall–Kier alpha value is -5.48. The van der Waals surface area contributed by atoms with E-state index in [1.54, 1.807) is 0 Å². The number of rotatable bonds is 2.